The summed E-state index contributed by atoms with van der Waals surface area (Å²) in [6.07, 6.45) is 2.17. The van der Waals surface area contributed by atoms with Crippen molar-refractivity contribution in [2.75, 3.05) is 5.32 Å². The number of hydrogen-bond acceptors (Lipinski definition) is 5. The van der Waals surface area contributed by atoms with Gasteiger partial charge in [0.25, 0.3) is 5.91 Å². The highest BCUT2D eigenvalue weighted by Crippen LogP contribution is 2.21. The van der Waals surface area contributed by atoms with Gasteiger partial charge in [-0.25, -0.2) is 0 Å². The number of aryl methyl sites for hydroxylation is 2. The Morgan fingerprint density at radius 2 is 2.19 bits per heavy atom. The average molecular weight is 286 g/mol. The van der Waals surface area contributed by atoms with Crippen molar-refractivity contribution in [2.24, 2.45) is 0 Å². The molecule has 0 radical (unpaired) electrons. The largest absolute Gasteiger partial charge is 0.376 e. The van der Waals surface area contributed by atoms with Crippen molar-refractivity contribution in [2.45, 2.75) is 39.3 Å². The Morgan fingerprint density at radius 1 is 1.38 bits per heavy atom. The first-order chi connectivity index (χ1) is 10.1. The van der Waals surface area contributed by atoms with Gasteiger partial charge in [-0.15, -0.1) is 0 Å². The molecule has 0 bridgehead atoms. The first kappa shape index (κ1) is 13.6. The molecule has 0 spiro atoms. The zero-order valence-corrected chi connectivity index (χ0v) is 12.1. The van der Waals surface area contributed by atoms with Crippen LogP contribution in [-0.2, 0) is 6.54 Å². The maximum Gasteiger partial charge on any atom is 0.251 e. The molecule has 6 heteroatoms. The SMILES string of the molecule is Cc1noc(CNc2cc(C(=O)NC3CC3)ccc2C)n1. The molecule has 1 saturated carbocycles. The van der Waals surface area contributed by atoms with Crippen molar-refractivity contribution < 1.29 is 9.32 Å². The van der Waals surface area contributed by atoms with Crippen molar-refractivity contribution in [3.63, 3.8) is 0 Å². The number of amides is 1. The molecule has 1 heterocycles. The zero-order chi connectivity index (χ0) is 14.8. The van der Waals surface area contributed by atoms with Gasteiger partial charge in [0.15, 0.2) is 5.82 Å². The Hall–Kier alpha value is -2.37. The fourth-order valence-electron chi connectivity index (χ4n) is 2.03. The third-order valence-corrected chi connectivity index (χ3v) is 3.41. The van der Waals surface area contributed by atoms with Crippen LogP contribution in [0.1, 0.15) is 40.5 Å². The molecule has 1 aromatic carbocycles. The highest BCUT2D eigenvalue weighted by molar-refractivity contribution is 5.95. The fraction of sp³-hybridized carbons (Fsp3) is 0.400. The maximum absolute atomic E-state index is 12.1. The molecule has 0 saturated heterocycles. The van der Waals surface area contributed by atoms with Gasteiger partial charge < -0.3 is 15.2 Å². The van der Waals surface area contributed by atoms with E-state index in [1.807, 2.05) is 25.1 Å². The zero-order valence-electron chi connectivity index (χ0n) is 12.1. The molecule has 1 aliphatic rings. The number of hydrogen-bond donors (Lipinski definition) is 2. The molecule has 6 nitrogen and oxygen atoms in total. The summed E-state index contributed by atoms with van der Waals surface area (Å²) < 4.78 is 5.06. The van der Waals surface area contributed by atoms with Crippen LogP contribution >= 0.6 is 0 Å². The van der Waals surface area contributed by atoms with Crippen molar-refractivity contribution >= 4 is 11.6 Å². The van der Waals surface area contributed by atoms with E-state index in [-0.39, 0.29) is 5.91 Å². The number of nitrogens with one attached hydrogen (secondary N) is 2. The normalized spacial score (nSPS) is 14.0. The Labute approximate surface area is 122 Å². The van der Waals surface area contributed by atoms with Gasteiger partial charge in [-0.1, -0.05) is 11.2 Å². The number of carbonyl (C=O) groups excluding carboxylic acids is 1. The van der Waals surface area contributed by atoms with Crippen LogP contribution in [0.3, 0.4) is 0 Å². The highest BCUT2D eigenvalue weighted by atomic mass is 16.5. The van der Waals surface area contributed by atoms with Crippen molar-refractivity contribution in [3.05, 3.63) is 41.0 Å². The van der Waals surface area contributed by atoms with Crippen LogP contribution in [0.15, 0.2) is 22.7 Å². The van der Waals surface area contributed by atoms with E-state index in [0.29, 0.717) is 29.9 Å². The Bertz CT molecular complexity index is 661. The van der Waals surface area contributed by atoms with E-state index >= 15 is 0 Å². The minimum absolute atomic E-state index is 0.0193. The number of anilines is 1. The fourth-order valence-corrected chi connectivity index (χ4v) is 2.03. The monoisotopic (exact) mass is 286 g/mol. The number of benzene rings is 1. The third kappa shape index (κ3) is 3.39. The standard InChI is InChI=1S/C15H18N4O2/c1-9-3-4-11(15(20)18-12-5-6-12)7-13(9)16-8-14-17-10(2)19-21-14/h3-4,7,12,16H,5-6,8H2,1-2H3,(H,18,20). The van der Waals surface area contributed by atoms with E-state index in [0.717, 1.165) is 24.1 Å². The van der Waals surface area contributed by atoms with E-state index in [1.54, 1.807) is 6.92 Å². The van der Waals surface area contributed by atoms with Crippen LogP contribution in [0.5, 0.6) is 0 Å². The van der Waals surface area contributed by atoms with Gasteiger partial charge in [0.05, 0.1) is 6.54 Å². The molecule has 0 atom stereocenters. The van der Waals surface area contributed by atoms with Crippen molar-refractivity contribution in [1.82, 2.24) is 15.5 Å². The van der Waals surface area contributed by atoms with E-state index in [4.69, 9.17) is 4.52 Å². The molecule has 3 rings (SSSR count). The van der Waals surface area contributed by atoms with E-state index in [1.165, 1.54) is 0 Å². The predicted molar refractivity (Wildman–Crippen MR) is 78.0 cm³/mol. The second kappa shape index (κ2) is 5.55. The molecular weight excluding hydrogens is 268 g/mol. The number of aromatic nitrogens is 2. The molecule has 1 fully saturated rings. The van der Waals surface area contributed by atoms with Crippen molar-refractivity contribution in [3.8, 4) is 0 Å². The topological polar surface area (TPSA) is 80.0 Å². The van der Waals surface area contributed by atoms with Crippen LogP contribution in [0.25, 0.3) is 0 Å². The van der Waals surface area contributed by atoms with Gasteiger partial charge in [-0.3, -0.25) is 4.79 Å². The molecule has 110 valence electrons. The van der Waals surface area contributed by atoms with E-state index in [2.05, 4.69) is 20.8 Å². The molecule has 1 aromatic heterocycles. The number of nitrogens with zero attached hydrogens (tertiary/aromatic N) is 2. The summed E-state index contributed by atoms with van der Waals surface area (Å²) >= 11 is 0. The molecule has 1 aliphatic carbocycles. The van der Waals surface area contributed by atoms with Crippen LogP contribution in [-0.4, -0.2) is 22.1 Å². The minimum Gasteiger partial charge on any atom is -0.376 e. The lowest BCUT2D eigenvalue weighted by atomic mass is 10.1. The van der Waals surface area contributed by atoms with Gasteiger partial charge in [0.2, 0.25) is 5.89 Å². The van der Waals surface area contributed by atoms with Crippen LogP contribution < -0.4 is 10.6 Å². The van der Waals surface area contributed by atoms with Gasteiger partial charge >= 0.3 is 0 Å². The summed E-state index contributed by atoms with van der Waals surface area (Å²) in [5, 5.41) is 9.96. The summed E-state index contributed by atoms with van der Waals surface area (Å²) in [5.74, 6) is 1.12. The Morgan fingerprint density at radius 3 is 2.86 bits per heavy atom. The second-order valence-electron chi connectivity index (χ2n) is 5.37. The molecule has 0 unspecified atom stereocenters. The minimum atomic E-state index is -0.0193. The van der Waals surface area contributed by atoms with Crippen LogP contribution in [0.2, 0.25) is 0 Å². The molecule has 0 aliphatic heterocycles. The summed E-state index contributed by atoms with van der Waals surface area (Å²) in [5.41, 5.74) is 2.63. The molecule has 2 aromatic rings. The molecule has 1 amide bonds. The smallest absolute Gasteiger partial charge is 0.251 e. The molecule has 21 heavy (non-hydrogen) atoms. The average Bonchev–Trinajstić information content (AvgIpc) is 3.18. The Balaban J connectivity index is 1.69. The van der Waals surface area contributed by atoms with Crippen LogP contribution in [0, 0.1) is 13.8 Å². The second-order valence-corrected chi connectivity index (χ2v) is 5.37. The first-order valence-corrected chi connectivity index (χ1v) is 7.06. The first-order valence-electron chi connectivity index (χ1n) is 7.06. The predicted octanol–water partition coefficient (Wildman–Crippen LogP) is 2.19. The molecular formula is C15H18N4O2. The van der Waals surface area contributed by atoms with E-state index in [9.17, 15) is 4.79 Å². The highest BCUT2D eigenvalue weighted by Gasteiger charge is 2.23. The summed E-state index contributed by atoms with van der Waals surface area (Å²) in [6.45, 7) is 4.21. The van der Waals surface area contributed by atoms with E-state index < -0.39 is 0 Å². The Kier molecular flexibility index (Phi) is 3.60. The van der Waals surface area contributed by atoms with Crippen LogP contribution in [0.4, 0.5) is 5.69 Å². The summed E-state index contributed by atoms with van der Waals surface area (Å²) in [4.78, 5) is 16.2. The number of rotatable bonds is 5. The third-order valence-electron chi connectivity index (χ3n) is 3.41. The van der Waals surface area contributed by atoms with Crippen molar-refractivity contribution in [1.29, 1.82) is 0 Å². The lowest BCUT2D eigenvalue weighted by Gasteiger charge is -2.10. The quantitative estimate of drug-likeness (QED) is 0.880. The van der Waals surface area contributed by atoms with Gasteiger partial charge in [-0.05, 0) is 44.4 Å². The van der Waals surface area contributed by atoms with Gasteiger partial charge in [0, 0.05) is 17.3 Å². The lowest BCUT2D eigenvalue weighted by molar-refractivity contribution is 0.0951. The molecule has 2 N–H and O–H groups in total. The lowest BCUT2D eigenvalue weighted by Crippen LogP contribution is -2.25. The summed E-state index contributed by atoms with van der Waals surface area (Å²) in [7, 11) is 0. The van der Waals surface area contributed by atoms with Gasteiger partial charge in [0.1, 0.15) is 0 Å². The van der Waals surface area contributed by atoms with Gasteiger partial charge in [-0.2, -0.15) is 4.98 Å². The number of carbonyl (C=O) groups is 1. The maximum atomic E-state index is 12.1. The summed E-state index contributed by atoms with van der Waals surface area (Å²) in [6, 6.07) is 5.99.